The molecule has 44 valence electrons. The third-order valence-corrected chi connectivity index (χ3v) is 0.732. The second-order valence-electron chi connectivity index (χ2n) is 1.42. The molecular formula is C6H10N2. The first-order valence-electron chi connectivity index (χ1n) is 2.13. The van der Waals surface area contributed by atoms with E-state index in [-0.39, 0.29) is 7.43 Å². The third-order valence-electron chi connectivity index (χ3n) is 0.732. The third kappa shape index (κ3) is 1.69. The molecule has 1 heterocycles. The smallest absolute Gasteiger partial charge is 0.0525 e. The van der Waals surface area contributed by atoms with Crippen molar-refractivity contribution in [3.63, 3.8) is 0 Å². The molecule has 1 aromatic heterocycles. The van der Waals surface area contributed by atoms with Crippen molar-refractivity contribution in [3.05, 3.63) is 24.0 Å². The lowest BCUT2D eigenvalue weighted by atomic mass is 10.4. The van der Waals surface area contributed by atoms with E-state index >= 15 is 0 Å². The van der Waals surface area contributed by atoms with Gasteiger partial charge in [-0.2, -0.15) is 10.2 Å². The Balaban J connectivity index is 0.000000490. The predicted molar refractivity (Wildman–Crippen MR) is 33.5 cm³/mol. The molecule has 2 heteroatoms. The minimum atomic E-state index is 0. The molecule has 0 N–H and O–H groups in total. The second-order valence-corrected chi connectivity index (χ2v) is 1.42. The topological polar surface area (TPSA) is 25.8 Å². The molecule has 0 radical (unpaired) electrons. The molecule has 0 fully saturated rings. The first-order chi connectivity index (χ1) is 3.39. The Morgan fingerprint density at radius 3 is 2.38 bits per heavy atom. The van der Waals surface area contributed by atoms with Crippen molar-refractivity contribution in [2.45, 2.75) is 14.4 Å². The van der Waals surface area contributed by atoms with Gasteiger partial charge in [-0.3, -0.25) is 0 Å². The van der Waals surface area contributed by atoms with Gasteiger partial charge in [-0.25, -0.2) is 0 Å². The second kappa shape index (κ2) is 3.13. The van der Waals surface area contributed by atoms with E-state index in [4.69, 9.17) is 0 Å². The van der Waals surface area contributed by atoms with Crippen LogP contribution >= 0.6 is 0 Å². The average Bonchev–Trinajstić information content (AvgIpc) is 1.69. The number of hydrogen-bond acceptors (Lipinski definition) is 2. The van der Waals surface area contributed by atoms with Crippen molar-refractivity contribution in [2.24, 2.45) is 0 Å². The minimum absolute atomic E-state index is 0. The number of hydrogen-bond donors (Lipinski definition) is 0. The van der Waals surface area contributed by atoms with Crippen LogP contribution in [-0.4, -0.2) is 10.2 Å². The van der Waals surface area contributed by atoms with Gasteiger partial charge < -0.3 is 0 Å². The molecule has 0 spiro atoms. The molecule has 0 unspecified atom stereocenters. The van der Waals surface area contributed by atoms with Crippen molar-refractivity contribution in [1.82, 2.24) is 10.2 Å². The zero-order valence-electron chi connectivity index (χ0n) is 4.13. The zero-order chi connectivity index (χ0) is 5.11. The molecule has 0 amide bonds. The maximum absolute atomic E-state index is 3.63. The standard InChI is InChI=1S/C5H6N2.CH4/c1-5-2-3-6-7-4-5;/h2-4H,1H3;1H4. The molecule has 1 aromatic rings. The lowest BCUT2D eigenvalue weighted by molar-refractivity contribution is 1.01. The van der Waals surface area contributed by atoms with E-state index in [9.17, 15) is 0 Å². The van der Waals surface area contributed by atoms with Crippen molar-refractivity contribution in [2.75, 3.05) is 0 Å². The van der Waals surface area contributed by atoms with Crippen LogP contribution in [0.2, 0.25) is 0 Å². The highest BCUT2D eigenvalue weighted by molar-refractivity contribution is 5.00. The molecule has 0 bridgehead atoms. The lowest BCUT2D eigenvalue weighted by Gasteiger charge is -1.80. The van der Waals surface area contributed by atoms with Crippen molar-refractivity contribution >= 4 is 0 Å². The van der Waals surface area contributed by atoms with Gasteiger partial charge in [0.15, 0.2) is 0 Å². The first-order valence-corrected chi connectivity index (χ1v) is 2.13. The molecule has 0 atom stereocenters. The maximum atomic E-state index is 3.63. The molecule has 1 rings (SSSR count). The van der Waals surface area contributed by atoms with Crippen LogP contribution in [0, 0.1) is 6.92 Å². The van der Waals surface area contributed by atoms with Crippen LogP contribution in [-0.2, 0) is 0 Å². The number of nitrogens with zero attached hydrogens (tertiary/aromatic N) is 2. The van der Waals surface area contributed by atoms with Crippen molar-refractivity contribution in [3.8, 4) is 0 Å². The molecule has 0 aliphatic carbocycles. The van der Waals surface area contributed by atoms with E-state index in [0.717, 1.165) is 5.56 Å². The number of aryl methyl sites for hydroxylation is 1. The van der Waals surface area contributed by atoms with Gasteiger partial charge in [-0.05, 0) is 18.6 Å². The van der Waals surface area contributed by atoms with Gasteiger partial charge in [0.2, 0.25) is 0 Å². The molecule has 8 heavy (non-hydrogen) atoms. The summed E-state index contributed by atoms with van der Waals surface area (Å²) >= 11 is 0. The summed E-state index contributed by atoms with van der Waals surface area (Å²) in [6.45, 7) is 1.98. The van der Waals surface area contributed by atoms with Crippen LogP contribution in [0.1, 0.15) is 13.0 Å². The molecule has 0 saturated heterocycles. The van der Waals surface area contributed by atoms with E-state index in [1.165, 1.54) is 0 Å². The van der Waals surface area contributed by atoms with E-state index in [0.29, 0.717) is 0 Å². The maximum Gasteiger partial charge on any atom is 0.0525 e. The molecule has 0 aromatic carbocycles. The fourth-order valence-corrected chi connectivity index (χ4v) is 0.357. The highest BCUT2D eigenvalue weighted by atomic mass is 15.1. The Morgan fingerprint density at radius 2 is 2.12 bits per heavy atom. The van der Waals surface area contributed by atoms with Crippen LogP contribution in [0.25, 0.3) is 0 Å². The molecule has 0 aliphatic rings. The summed E-state index contributed by atoms with van der Waals surface area (Å²) in [5.41, 5.74) is 1.15. The quantitative estimate of drug-likeness (QED) is 0.504. The Labute approximate surface area is 49.6 Å². The van der Waals surface area contributed by atoms with Crippen LogP contribution in [0.4, 0.5) is 0 Å². The summed E-state index contributed by atoms with van der Waals surface area (Å²) in [5.74, 6) is 0. The average molecular weight is 110 g/mol. The van der Waals surface area contributed by atoms with E-state index in [1.54, 1.807) is 12.4 Å². The van der Waals surface area contributed by atoms with Crippen molar-refractivity contribution < 1.29 is 0 Å². The Bertz CT molecular complexity index is 136. The van der Waals surface area contributed by atoms with E-state index in [2.05, 4.69) is 10.2 Å². The molecule has 2 nitrogen and oxygen atoms in total. The van der Waals surface area contributed by atoms with Crippen LogP contribution < -0.4 is 0 Å². The van der Waals surface area contributed by atoms with Gasteiger partial charge in [0.1, 0.15) is 0 Å². The fraction of sp³-hybridized carbons (Fsp3) is 0.333. The van der Waals surface area contributed by atoms with Crippen LogP contribution in [0.15, 0.2) is 18.5 Å². The number of aromatic nitrogens is 2. The van der Waals surface area contributed by atoms with Gasteiger partial charge in [0, 0.05) is 6.20 Å². The van der Waals surface area contributed by atoms with Crippen molar-refractivity contribution in [1.29, 1.82) is 0 Å². The Kier molecular flexibility index (Phi) is 2.77. The summed E-state index contributed by atoms with van der Waals surface area (Å²) in [6, 6.07) is 1.91. The lowest BCUT2D eigenvalue weighted by Crippen LogP contribution is -1.76. The van der Waals surface area contributed by atoms with Crippen LogP contribution in [0.3, 0.4) is 0 Å². The summed E-state index contributed by atoms with van der Waals surface area (Å²) in [7, 11) is 0. The molecule has 0 saturated carbocycles. The normalized spacial score (nSPS) is 7.62. The number of rotatable bonds is 0. The molecular weight excluding hydrogens is 100 g/mol. The Morgan fingerprint density at radius 1 is 1.38 bits per heavy atom. The van der Waals surface area contributed by atoms with E-state index < -0.39 is 0 Å². The summed E-state index contributed by atoms with van der Waals surface area (Å²) in [4.78, 5) is 0. The summed E-state index contributed by atoms with van der Waals surface area (Å²) in [6.07, 6.45) is 3.40. The fourth-order valence-electron chi connectivity index (χ4n) is 0.357. The van der Waals surface area contributed by atoms with E-state index in [1.807, 2.05) is 13.0 Å². The van der Waals surface area contributed by atoms with Gasteiger partial charge in [0.25, 0.3) is 0 Å². The SMILES string of the molecule is C.Cc1ccnnc1. The highest BCUT2D eigenvalue weighted by Gasteiger charge is 1.74. The van der Waals surface area contributed by atoms with Crippen LogP contribution in [0.5, 0.6) is 0 Å². The van der Waals surface area contributed by atoms with Gasteiger partial charge in [-0.1, -0.05) is 7.43 Å². The van der Waals surface area contributed by atoms with Gasteiger partial charge in [0.05, 0.1) is 6.20 Å². The zero-order valence-corrected chi connectivity index (χ0v) is 4.13. The monoisotopic (exact) mass is 110 g/mol. The molecule has 0 aliphatic heterocycles. The first kappa shape index (κ1) is 7.08. The van der Waals surface area contributed by atoms with Gasteiger partial charge in [-0.15, -0.1) is 0 Å². The predicted octanol–water partition coefficient (Wildman–Crippen LogP) is 1.42. The minimum Gasteiger partial charge on any atom is -0.159 e. The summed E-state index contributed by atoms with van der Waals surface area (Å²) in [5, 5.41) is 7.23. The van der Waals surface area contributed by atoms with Gasteiger partial charge >= 0.3 is 0 Å². The Hall–Kier alpha value is -0.920. The summed E-state index contributed by atoms with van der Waals surface area (Å²) < 4.78 is 0. The largest absolute Gasteiger partial charge is 0.159 e. The highest BCUT2D eigenvalue weighted by Crippen LogP contribution is 1.85.